The molecular formula is C51H82O25. The van der Waals surface area contributed by atoms with Crippen molar-refractivity contribution in [3.05, 3.63) is 11.6 Å². The van der Waals surface area contributed by atoms with E-state index >= 15 is 0 Å². The maximum atomic E-state index is 12.7. The second-order valence-corrected chi connectivity index (χ2v) is 24.2. The van der Waals surface area contributed by atoms with Gasteiger partial charge in [0.2, 0.25) is 0 Å². The summed E-state index contributed by atoms with van der Waals surface area (Å²) in [5.74, 6) is -3.25. The molecule has 0 amide bonds. The Bertz CT molecular complexity index is 2060. The molecule has 6 aliphatic heterocycles. The van der Waals surface area contributed by atoms with Crippen molar-refractivity contribution < 1.29 is 124 Å². The molecular weight excluding hydrogens is 1010 g/mol. The highest BCUT2D eigenvalue weighted by atomic mass is 16.8. The molecule has 76 heavy (non-hydrogen) atoms. The molecule has 10 rings (SSSR count). The highest BCUT2D eigenvalue weighted by molar-refractivity contribution is 5.30. The van der Waals surface area contributed by atoms with Gasteiger partial charge in [-0.15, -0.1) is 0 Å². The quantitative estimate of drug-likeness (QED) is 0.0911. The van der Waals surface area contributed by atoms with Gasteiger partial charge in [-0.25, -0.2) is 0 Å². The summed E-state index contributed by atoms with van der Waals surface area (Å²) in [5.41, 5.74) is -0.788. The molecule has 1 spiro atoms. The fraction of sp³-hybridized carbons (Fsp3) is 0.961. The van der Waals surface area contributed by atoms with Crippen LogP contribution in [0.5, 0.6) is 0 Å². The van der Waals surface area contributed by atoms with Crippen LogP contribution in [0.15, 0.2) is 11.6 Å². The number of hydrogen-bond donors (Lipinski definition) is 15. The van der Waals surface area contributed by atoms with Crippen LogP contribution >= 0.6 is 0 Å². The summed E-state index contributed by atoms with van der Waals surface area (Å²) in [5, 5.41) is 165. The van der Waals surface area contributed by atoms with Crippen LogP contribution < -0.4 is 0 Å². The topological polar surface area (TPSA) is 396 Å². The average Bonchev–Trinajstić information content (AvgIpc) is 4.01. The third kappa shape index (κ3) is 9.11. The van der Waals surface area contributed by atoms with E-state index in [4.69, 9.17) is 47.4 Å². The molecule has 25 nitrogen and oxygen atoms in total. The van der Waals surface area contributed by atoms with Gasteiger partial charge in [-0.2, -0.15) is 0 Å². The van der Waals surface area contributed by atoms with Crippen LogP contribution in [-0.2, 0) is 47.4 Å². The van der Waals surface area contributed by atoms with Crippen molar-refractivity contribution in [2.75, 3.05) is 19.8 Å². The number of allylic oxidation sites excluding steroid dienone is 1. The average molecular weight is 1100 g/mol. The smallest absolute Gasteiger partial charge is 0.200 e. The Morgan fingerprint density at radius 2 is 1.13 bits per heavy atom. The molecule has 6 saturated heterocycles. The first-order valence-electron chi connectivity index (χ1n) is 27.1. The Labute approximate surface area is 439 Å². The van der Waals surface area contributed by atoms with Crippen LogP contribution in [0.25, 0.3) is 0 Å². The number of fused-ring (bicyclic) bond motifs is 7. The van der Waals surface area contributed by atoms with E-state index < -0.39 is 201 Å². The first kappa shape index (κ1) is 58.0. The van der Waals surface area contributed by atoms with Gasteiger partial charge in [-0.3, -0.25) is 0 Å². The predicted octanol–water partition coefficient (Wildman–Crippen LogP) is -5.05. The lowest BCUT2D eigenvalue weighted by Crippen LogP contribution is -2.67. The van der Waals surface area contributed by atoms with Crippen molar-refractivity contribution in [2.45, 2.75) is 239 Å². The molecule has 0 aromatic heterocycles. The molecule has 0 aromatic rings. The van der Waals surface area contributed by atoms with Gasteiger partial charge in [-0.1, -0.05) is 39.3 Å². The zero-order chi connectivity index (χ0) is 55.0. The molecule has 4 aliphatic carbocycles. The van der Waals surface area contributed by atoms with Crippen LogP contribution in [-0.4, -0.2) is 262 Å². The summed E-state index contributed by atoms with van der Waals surface area (Å²) in [6, 6.07) is 0. The Morgan fingerprint density at radius 1 is 0.566 bits per heavy atom. The summed E-state index contributed by atoms with van der Waals surface area (Å²) in [6.07, 6.45) is -33.5. The van der Waals surface area contributed by atoms with Gasteiger partial charge >= 0.3 is 0 Å². The number of aliphatic hydroxyl groups excluding tert-OH is 15. The Morgan fingerprint density at radius 3 is 1.79 bits per heavy atom. The lowest BCUT2D eigenvalue weighted by Gasteiger charge is -2.62. The van der Waals surface area contributed by atoms with Gasteiger partial charge in [0, 0.05) is 35.0 Å². The maximum Gasteiger partial charge on any atom is 0.200 e. The highest BCUT2D eigenvalue weighted by Crippen LogP contribution is 2.71. The van der Waals surface area contributed by atoms with Crippen LogP contribution in [0.1, 0.15) is 73.6 Å². The van der Waals surface area contributed by atoms with Crippen molar-refractivity contribution in [1.29, 1.82) is 0 Å². The molecule has 0 radical (unpaired) electrons. The standard InChI is InChI=1S/C51H82O25/c1-16-15-67-51(44(66)41(16)73-45-38(63)35(60)31(56)18(3)68-45)17(2)30-25(76-51)11-23-22-8-7-20-9-21(54)10-29(49(20,5)24(22)12-28(55)50(23,30)6)72-48-43(37(62)34(59)27(14-53)71-48)75-47-40(65)42(32(57)19(4)69-47)74-46-39(64)36(61)33(58)26(13-52)70-46/h7,16-19,21-48,52-66H,8-15H2,1-6H3/t16-,17+,18-,19+,21-,22+,23+,24+,25+,26-,27-,28-,29-,30+,31-,32+,33-,34-,35+,36+,37+,38-,39-,40-,41+,42-,43-,44+,45+,46+,47+,48+,49+,50-,51+/m1/s1. The van der Waals surface area contributed by atoms with E-state index in [1.165, 1.54) is 6.92 Å². The van der Waals surface area contributed by atoms with E-state index in [1.54, 1.807) is 6.92 Å². The van der Waals surface area contributed by atoms with Crippen molar-refractivity contribution in [1.82, 2.24) is 0 Å². The zero-order valence-corrected chi connectivity index (χ0v) is 43.5. The lowest BCUT2D eigenvalue weighted by atomic mass is 9.45. The molecule has 3 saturated carbocycles. The highest BCUT2D eigenvalue weighted by Gasteiger charge is 2.74. The fourth-order valence-corrected chi connectivity index (χ4v) is 15.7. The summed E-state index contributed by atoms with van der Waals surface area (Å²) in [6.45, 7) is 9.37. The molecule has 0 unspecified atom stereocenters. The molecule has 15 N–H and O–H groups in total. The molecule has 9 fully saturated rings. The van der Waals surface area contributed by atoms with Crippen LogP contribution in [0.2, 0.25) is 0 Å². The summed E-state index contributed by atoms with van der Waals surface area (Å²) >= 11 is 0. The van der Waals surface area contributed by atoms with Gasteiger partial charge in [-0.05, 0) is 57.3 Å². The largest absolute Gasteiger partial charge is 0.394 e. The van der Waals surface area contributed by atoms with Gasteiger partial charge in [0.1, 0.15) is 91.6 Å². The molecule has 436 valence electrons. The SMILES string of the molecule is C[C@@H]1CO[C@@]2(O[C@H]3C[C@H]4[C@@H]5CC=C6C[C@@H](O)C[C@@H](O[C@@H]7O[C@H](CO)[C@@H](O)[C@H](O)[C@H]7O[C@@H]7O[C@@H](C)[C@H](O)[C@@H](O[C@@H]8O[C@H](CO)[C@@H](O)[C@H](O)[C@H]8O)[C@H]7O)[C@]6(C)[C@H]5C[C@@H](O)[C@]4(C)[C@H]3[C@@H]2C)[C@@H](O)[C@H]1O[C@@H]1O[C@H](C)[C@@H](O)[C@H](O)[C@H]1O. The third-order valence-corrected chi connectivity index (χ3v) is 20.1. The molecule has 10 aliphatic rings. The Hall–Kier alpha value is -1.26. The minimum absolute atomic E-state index is 0.0527. The number of aliphatic hydroxyl groups is 15. The first-order valence-corrected chi connectivity index (χ1v) is 27.1. The summed E-state index contributed by atoms with van der Waals surface area (Å²) in [4.78, 5) is 0. The van der Waals surface area contributed by atoms with E-state index in [0.717, 1.165) is 5.57 Å². The second-order valence-electron chi connectivity index (χ2n) is 24.2. The van der Waals surface area contributed by atoms with Crippen LogP contribution in [0.4, 0.5) is 0 Å². The van der Waals surface area contributed by atoms with Gasteiger partial charge in [0.25, 0.3) is 0 Å². The second kappa shape index (κ2) is 21.5. The number of hydrogen-bond acceptors (Lipinski definition) is 25. The monoisotopic (exact) mass is 1090 g/mol. The summed E-state index contributed by atoms with van der Waals surface area (Å²) < 4.78 is 61.8. The predicted molar refractivity (Wildman–Crippen MR) is 251 cm³/mol. The molecule has 35 atom stereocenters. The van der Waals surface area contributed by atoms with E-state index in [0.29, 0.717) is 19.3 Å². The molecule has 6 heterocycles. The Balaban J connectivity index is 0.884. The van der Waals surface area contributed by atoms with E-state index in [2.05, 4.69) is 13.0 Å². The van der Waals surface area contributed by atoms with Gasteiger partial charge < -0.3 is 124 Å². The zero-order valence-electron chi connectivity index (χ0n) is 43.5. The molecule has 0 aromatic carbocycles. The molecule has 0 bridgehead atoms. The van der Waals surface area contributed by atoms with Crippen LogP contribution in [0.3, 0.4) is 0 Å². The lowest BCUT2D eigenvalue weighted by molar-refractivity contribution is -0.388. The van der Waals surface area contributed by atoms with E-state index in [-0.39, 0.29) is 43.1 Å². The number of ether oxygens (including phenoxy) is 10. The first-order chi connectivity index (χ1) is 35.8. The van der Waals surface area contributed by atoms with Gasteiger partial charge in [0.05, 0.1) is 62.5 Å². The van der Waals surface area contributed by atoms with E-state index in [9.17, 15) is 76.6 Å². The Kier molecular flexibility index (Phi) is 16.4. The van der Waals surface area contributed by atoms with Crippen molar-refractivity contribution in [2.24, 2.45) is 46.3 Å². The van der Waals surface area contributed by atoms with Crippen LogP contribution in [0, 0.1) is 46.3 Å². The van der Waals surface area contributed by atoms with Crippen molar-refractivity contribution >= 4 is 0 Å². The number of rotatable bonds is 10. The molecule has 25 heteroatoms. The normalized spacial score (nSPS) is 59.3. The maximum absolute atomic E-state index is 12.7. The summed E-state index contributed by atoms with van der Waals surface area (Å²) in [7, 11) is 0. The van der Waals surface area contributed by atoms with Crippen molar-refractivity contribution in [3.8, 4) is 0 Å². The van der Waals surface area contributed by atoms with E-state index in [1.807, 2.05) is 20.8 Å². The minimum atomic E-state index is -1.93. The van der Waals surface area contributed by atoms with Crippen molar-refractivity contribution in [3.63, 3.8) is 0 Å². The minimum Gasteiger partial charge on any atom is -0.394 e. The van der Waals surface area contributed by atoms with Gasteiger partial charge in [0.15, 0.2) is 30.9 Å². The fourth-order valence-electron chi connectivity index (χ4n) is 15.7. The third-order valence-electron chi connectivity index (χ3n) is 20.1.